The van der Waals surface area contributed by atoms with Crippen LogP contribution in [0.4, 0.5) is 0 Å². The van der Waals surface area contributed by atoms with Gasteiger partial charge < -0.3 is 9.47 Å². The van der Waals surface area contributed by atoms with Crippen molar-refractivity contribution < 1.29 is 14.3 Å². The predicted molar refractivity (Wildman–Crippen MR) is 57.6 cm³/mol. The highest BCUT2D eigenvalue weighted by atomic mass is 16.5. The van der Waals surface area contributed by atoms with Crippen LogP contribution in [-0.2, 0) is 9.53 Å². The highest BCUT2D eigenvalue weighted by Crippen LogP contribution is 2.11. The Balaban J connectivity index is 2.48. The van der Waals surface area contributed by atoms with E-state index in [0.717, 1.165) is 5.56 Å². The number of hydrogen-bond acceptors (Lipinski definition) is 3. The SMILES string of the molecule is CCO/C=C/C(=O)Oc1ccc(C)cc1. The van der Waals surface area contributed by atoms with Crippen LogP contribution in [0.15, 0.2) is 36.6 Å². The summed E-state index contributed by atoms with van der Waals surface area (Å²) in [5.74, 6) is 0.0963. The summed E-state index contributed by atoms with van der Waals surface area (Å²) in [5.41, 5.74) is 1.12. The van der Waals surface area contributed by atoms with Gasteiger partial charge in [-0.05, 0) is 26.0 Å². The standard InChI is InChI=1S/C12H14O3/c1-3-14-9-8-12(13)15-11-6-4-10(2)5-7-11/h4-9H,3H2,1-2H3/b9-8+. The molecule has 0 amide bonds. The largest absolute Gasteiger partial charge is 0.501 e. The summed E-state index contributed by atoms with van der Waals surface area (Å²) >= 11 is 0. The highest BCUT2D eigenvalue weighted by molar-refractivity contribution is 5.83. The second-order valence-electron chi connectivity index (χ2n) is 2.99. The molecule has 0 aromatic heterocycles. The second kappa shape index (κ2) is 5.86. The molecule has 3 heteroatoms. The lowest BCUT2D eigenvalue weighted by molar-refractivity contribution is -0.129. The van der Waals surface area contributed by atoms with Gasteiger partial charge in [0.25, 0.3) is 0 Å². The van der Waals surface area contributed by atoms with Crippen LogP contribution < -0.4 is 4.74 Å². The van der Waals surface area contributed by atoms with E-state index in [1.165, 1.54) is 12.3 Å². The van der Waals surface area contributed by atoms with E-state index < -0.39 is 5.97 Å². The number of carbonyl (C=O) groups is 1. The molecule has 0 fully saturated rings. The van der Waals surface area contributed by atoms with Gasteiger partial charge in [0.1, 0.15) is 5.75 Å². The zero-order valence-electron chi connectivity index (χ0n) is 8.90. The minimum absolute atomic E-state index is 0.438. The Labute approximate surface area is 89.3 Å². The number of esters is 1. The topological polar surface area (TPSA) is 35.5 Å². The van der Waals surface area contributed by atoms with Gasteiger partial charge in [-0.3, -0.25) is 0 Å². The molecule has 1 aromatic carbocycles. The van der Waals surface area contributed by atoms with E-state index >= 15 is 0 Å². The zero-order chi connectivity index (χ0) is 11.1. The molecule has 0 spiro atoms. The molecule has 0 heterocycles. The van der Waals surface area contributed by atoms with Crippen LogP contribution in [-0.4, -0.2) is 12.6 Å². The van der Waals surface area contributed by atoms with Crippen molar-refractivity contribution in [3.8, 4) is 5.75 Å². The number of hydrogen-bond donors (Lipinski definition) is 0. The Kier molecular flexibility index (Phi) is 4.41. The van der Waals surface area contributed by atoms with Gasteiger partial charge >= 0.3 is 5.97 Å². The highest BCUT2D eigenvalue weighted by Gasteiger charge is 1.99. The van der Waals surface area contributed by atoms with Crippen molar-refractivity contribution in [3.63, 3.8) is 0 Å². The quantitative estimate of drug-likeness (QED) is 0.328. The molecular weight excluding hydrogens is 192 g/mol. The molecule has 0 bridgehead atoms. The molecule has 80 valence electrons. The van der Waals surface area contributed by atoms with Crippen molar-refractivity contribution >= 4 is 5.97 Å². The van der Waals surface area contributed by atoms with Crippen molar-refractivity contribution in [1.82, 2.24) is 0 Å². The molecule has 0 saturated heterocycles. The molecule has 0 radical (unpaired) electrons. The first-order valence-corrected chi connectivity index (χ1v) is 4.79. The van der Waals surface area contributed by atoms with Crippen LogP contribution in [0.5, 0.6) is 5.75 Å². The average molecular weight is 206 g/mol. The maximum atomic E-state index is 11.2. The van der Waals surface area contributed by atoms with Gasteiger partial charge in [-0.1, -0.05) is 17.7 Å². The lowest BCUT2D eigenvalue weighted by atomic mass is 10.2. The van der Waals surface area contributed by atoms with Gasteiger partial charge in [-0.15, -0.1) is 0 Å². The monoisotopic (exact) mass is 206 g/mol. The minimum atomic E-state index is -0.438. The van der Waals surface area contributed by atoms with Crippen LogP contribution in [0.3, 0.4) is 0 Å². The van der Waals surface area contributed by atoms with Crippen molar-refractivity contribution in [2.75, 3.05) is 6.61 Å². The molecule has 3 nitrogen and oxygen atoms in total. The van der Waals surface area contributed by atoms with E-state index in [4.69, 9.17) is 9.47 Å². The van der Waals surface area contributed by atoms with E-state index in [1.807, 2.05) is 26.0 Å². The first-order valence-electron chi connectivity index (χ1n) is 4.79. The fourth-order valence-electron chi connectivity index (χ4n) is 0.956. The summed E-state index contributed by atoms with van der Waals surface area (Å²) in [6, 6.07) is 7.27. The van der Waals surface area contributed by atoms with Gasteiger partial charge in [-0.2, -0.15) is 0 Å². The molecule has 0 aliphatic heterocycles. The van der Waals surface area contributed by atoms with Crippen molar-refractivity contribution in [2.24, 2.45) is 0 Å². The Hall–Kier alpha value is -1.77. The molecule has 15 heavy (non-hydrogen) atoms. The normalized spacial score (nSPS) is 10.3. The maximum absolute atomic E-state index is 11.2. The van der Waals surface area contributed by atoms with Crippen LogP contribution in [0.1, 0.15) is 12.5 Å². The number of carbonyl (C=O) groups excluding carboxylic acids is 1. The van der Waals surface area contributed by atoms with E-state index in [0.29, 0.717) is 12.4 Å². The Morgan fingerprint density at radius 3 is 2.60 bits per heavy atom. The summed E-state index contributed by atoms with van der Waals surface area (Å²) < 4.78 is 9.89. The van der Waals surface area contributed by atoms with E-state index in [-0.39, 0.29) is 0 Å². The molecule has 0 N–H and O–H groups in total. The second-order valence-corrected chi connectivity index (χ2v) is 2.99. The maximum Gasteiger partial charge on any atom is 0.339 e. The van der Waals surface area contributed by atoms with Crippen LogP contribution in [0.2, 0.25) is 0 Å². The van der Waals surface area contributed by atoms with Crippen molar-refractivity contribution in [2.45, 2.75) is 13.8 Å². The van der Waals surface area contributed by atoms with E-state index in [2.05, 4.69) is 0 Å². The molecule has 0 aliphatic rings. The Bertz CT molecular complexity index is 338. The molecule has 0 atom stereocenters. The molecule has 1 rings (SSSR count). The molecule has 1 aromatic rings. The third-order valence-corrected chi connectivity index (χ3v) is 1.71. The third kappa shape index (κ3) is 4.31. The Morgan fingerprint density at radius 1 is 1.33 bits per heavy atom. The Morgan fingerprint density at radius 2 is 2.00 bits per heavy atom. The summed E-state index contributed by atoms with van der Waals surface area (Å²) in [5, 5.41) is 0. The summed E-state index contributed by atoms with van der Waals surface area (Å²) in [6.07, 6.45) is 2.58. The fourth-order valence-corrected chi connectivity index (χ4v) is 0.956. The summed E-state index contributed by atoms with van der Waals surface area (Å²) in [6.45, 7) is 4.35. The van der Waals surface area contributed by atoms with Crippen LogP contribution >= 0.6 is 0 Å². The van der Waals surface area contributed by atoms with Gasteiger partial charge in [0.15, 0.2) is 0 Å². The van der Waals surface area contributed by atoms with Crippen molar-refractivity contribution in [1.29, 1.82) is 0 Å². The van der Waals surface area contributed by atoms with Gasteiger partial charge in [0.2, 0.25) is 0 Å². The van der Waals surface area contributed by atoms with E-state index in [1.54, 1.807) is 12.1 Å². The number of benzene rings is 1. The lowest BCUT2D eigenvalue weighted by Gasteiger charge is -2.01. The molecule has 0 unspecified atom stereocenters. The first kappa shape index (κ1) is 11.3. The van der Waals surface area contributed by atoms with Gasteiger partial charge in [0, 0.05) is 0 Å². The smallest absolute Gasteiger partial charge is 0.339 e. The van der Waals surface area contributed by atoms with Crippen molar-refractivity contribution in [3.05, 3.63) is 42.2 Å². The number of ether oxygens (including phenoxy) is 2. The predicted octanol–water partition coefficient (Wildman–Crippen LogP) is 2.45. The van der Waals surface area contributed by atoms with Gasteiger partial charge in [-0.25, -0.2) is 4.79 Å². The number of aryl methyl sites for hydroxylation is 1. The van der Waals surface area contributed by atoms with Crippen LogP contribution in [0, 0.1) is 6.92 Å². The lowest BCUT2D eigenvalue weighted by Crippen LogP contribution is -2.03. The summed E-state index contributed by atoms with van der Waals surface area (Å²) in [4.78, 5) is 11.2. The fraction of sp³-hybridized carbons (Fsp3) is 0.250. The minimum Gasteiger partial charge on any atom is -0.501 e. The van der Waals surface area contributed by atoms with Gasteiger partial charge in [0.05, 0.1) is 18.9 Å². The first-order chi connectivity index (χ1) is 7.22. The van der Waals surface area contributed by atoms with E-state index in [9.17, 15) is 4.79 Å². The third-order valence-electron chi connectivity index (χ3n) is 1.71. The average Bonchev–Trinajstić information content (AvgIpc) is 2.22. The molecule has 0 saturated carbocycles. The summed E-state index contributed by atoms with van der Waals surface area (Å²) in [7, 11) is 0. The molecule has 0 aliphatic carbocycles. The van der Waals surface area contributed by atoms with Crippen LogP contribution in [0.25, 0.3) is 0 Å². The zero-order valence-corrected chi connectivity index (χ0v) is 8.90. The molecular formula is C12H14O3. The number of rotatable bonds is 4.